The molecule has 0 radical (unpaired) electrons. The Balaban J connectivity index is 1.66. The Labute approximate surface area is 171 Å². The molecular weight excluding hydrogens is 396 g/mol. The Bertz CT molecular complexity index is 912. The zero-order valence-corrected chi connectivity index (χ0v) is 17.5. The summed E-state index contributed by atoms with van der Waals surface area (Å²) in [6, 6.07) is 13.8. The summed E-state index contributed by atoms with van der Waals surface area (Å²) in [5.74, 6) is -0.135. The van der Waals surface area contributed by atoms with Crippen LogP contribution in [-0.4, -0.2) is 31.2 Å². The van der Waals surface area contributed by atoms with Gasteiger partial charge in [0.05, 0.1) is 4.90 Å². The number of hydrogen-bond acceptors (Lipinski definition) is 3. The minimum absolute atomic E-state index is 0.135. The second-order valence-corrected chi connectivity index (χ2v) is 9.51. The second-order valence-electron chi connectivity index (χ2n) is 7.19. The average molecular weight is 421 g/mol. The highest BCUT2D eigenvalue weighted by Gasteiger charge is 2.34. The molecule has 1 saturated heterocycles. The lowest BCUT2D eigenvalue weighted by atomic mass is 10.0. The monoisotopic (exact) mass is 420 g/mol. The molecule has 0 saturated carbocycles. The molecule has 0 aliphatic carbocycles. The Morgan fingerprint density at radius 1 is 1.11 bits per heavy atom. The summed E-state index contributed by atoms with van der Waals surface area (Å²) in [4.78, 5) is 12.7. The fourth-order valence-corrected chi connectivity index (χ4v) is 5.25. The summed E-state index contributed by atoms with van der Waals surface area (Å²) in [5.41, 5.74) is 2.19. The first-order chi connectivity index (χ1) is 13.4. The minimum atomic E-state index is -3.65. The van der Waals surface area contributed by atoms with Gasteiger partial charge in [-0.25, -0.2) is 8.42 Å². The third-order valence-electron chi connectivity index (χ3n) is 5.02. The van der Waals surface area contributed by atoms with Crippen LogP contribution in [0.1, 0.15) is 36.8 Å². The summed E-state index contributed by atoms with van der Waals surface area (Å²) in [6.07, 6.45) is 2.57. The van der Waals surface area contributed by atoms with E-state index in [9.17, 15) is 13.2 Å². The number of piperidine rings is 1. The molecule has 1 unspecified atom stereocenters. The molecule has 28 heavy (non-hydrogen) atoms. The third-order valence-corrected chi connectivity index (χ3v) is 7.24. The Hall–Kier alpha value is -1.89. The van der Waals surface area contributed by atoms with E-state index in [1.807, 2.05) is 31.2 Å². The predicted octanol–water partition coefficient (Wildman–Crippen LogP) is 3.90. The van der Waals surface area contributed by atoms with E-state index in [0.29, 0.717) is 24.5 Å². The van der Waals surface area contributed by atoms with Gasteiger partial charge < -0.3 is 5.32 Å². The SMILES string of the molecule is Cc1ccc(CNC(=O)CC2CCCCN2S(=O)(=O)c2ccc(Cl)cc2)cc1. The largest absolute Gasteiger partial charge is 0.352 e. The quantitative estimate of drug-likeness (QED) is 0.770. The average Bonchev–Trinajstić information content (AvgIpc) is 2.68. The smallest absolute Gasteiger partial charge is 0.243 e. The standard InChI is InChI=1S/C21H25ClN2O3S/c1-16-5-7-17(8-6-16)15-23-21(25)14-19-4-2-3-13-24(19)28(26,27)20-11-9-18(22)10-12-20/h5-12,19H,2-4,13-15H2,1H3,(H,23,25). The van der Waals surface area contributed by atoms with Gasteiger partial charge in [0, 0.05) is 30.6 Å². The number of hydrogen-bond donors (Lipinski definition) is 1. The summed E-state index contributed by atoms with van der Waals surface area (Å²) in [6.45, 7) is 2.89. The van der Waals surface area contributed by atoms with Crippen LogP contribution in [0.5, 0.6) is 0 Å². The maximum absolute atomic E-state index is 13.1. The van der Waals surface area contributed by atoms with E-state index in [4.69, 9.17) is 11.6 Å². The number of nitrogens with one attached hydrogen (secondary N) is 1. The van der Waals surface area contributed by atoms with Crippen LogP contribution >= 0.6 is 11.6 Å². The fraction of sp³-hybridized carbons (Fsp3) is 0.381. The molecule has 7 heteroatoms. The van der Waals surface area contributed by atoms with E-state index in [1.54, 1.807) is 12.1 Å². The van der Waals surface area contributed by atoms with Gasteiger partial charge in [-0.15, -0.1) is 0 Å². The first-order valence-electron chi connectivity index (χ1n) is 9.46. The molecule has 0 bridgehead atoms. The van der Waals surface area contributed by atoms with Crippen molar-refractivity contribution in [3.63, 3.8) is 0 Å². The number of amides is 1. The van der Waals surface area contributed by atoms with Crippen molar-refractivity contribution in [1.82, 2.24) is 9.62 Å². The van der Waals surface area contributed by atoms with Crippen molar-refractivity contribution in [3.05, 3.63) is 64.7 Å². The number of sulfonamides is 1. The van der Waals surface area contributed by atoms with Crippen LogP contribution in [0.15, 0.2) is 53.4 Å². The highest BCUT2D eigenvalue weighted by molar-refractivity contribution is 7.89. The normalized spacial score (nSPS) is 18.0. The van der Waals surface area contributed by atoms with Crippen molar-refractivity contribution in [3.8, 4) is 0 Å². The zero-order chi connectivity index (χ0) is 20.1. The van der Waals surface area contributed by atoms with Crippen LogP contribution in [0.2, 0.25) is 5.02 Å². The van der Waals surface area contributed by atoms with E-state index in [-0.39, 0.29) is 23.3 Å². The lowest BCUT2D eigenvalue weighted by molar-refractivity contribution is -0.122. The molecule has 2 aromatic carbocycles. The number of aryl methyl sites for hydroxylation is 1. The van der Waals surface area contributed by atoms with Gasteiger partial charge in [-0.1, -0.05) is 47.9 Å². The minimum Gasteiger partial charge on any atom is -0.352 e. The molecule has 3 rings (SSSR count). The molecular formula is C21H25ClN2O3S. The van der Waals surface area contributed by atoms with Crippen LogP contribution in [-0.2, 0) is 21.4 Å². The van der Waals surface area contributed by atoms with Crippen LogP contribution in [0.25, 0.3) is 0 Å². The van der Waals surface area contributed by atoms with Crippen LogP contribution < -0.4 is 5.32 Å². The molecule has 150 valence electrons. The number of carbonyl (C=O) groups excluding carboxylic acids is 1. The molecule has 1 fully saturated rings. The predicted molar refractivity (Wildman–Crippen MR) is 111 cm³/mol. The van der Waals surface area contributed by atoms with Gasteiger partial charge in [-0.3, -0.25) is 4.79 Å². The molecule has 1 aliphatic rings. The summed E-state index contributed by atoms with van der Waals surface area (Å²) in [5, 5.41) is 3.40. The number of nitrogens with zero attached hydrogens (tertiary/aromatic N) is 1. The van der Waals surface area contributed by atoms with Gasteiger partial charge in [0.15, 0.2) is 0 Å². The molecule has 2 aromatic rings. The molecule has 1 atom stereocenters. The molecule has 1 N–H and O–H groups in total. The van der Waals surface area contributed by atoms with Crippen LogP contribution in [0.3, 0.4) is 0 Å². The Morgan fingerprint density at radius 2 is 1.79 bits per heavy atom. The maximum atomic E-state index is 13.1. The molecule has 1 heterocycles. The van der Waals surface area contributed by atoms with Gasteiger partial charge >= 0.3 is 0 Å². The highest BCUT2D eigenvalue weighted by Crippen LogP contribution is 2.27. The highest BCUT2D eigenvalue weighted by atomic mass is 35.5. The molecule has 0 aromatic heterocycles. The topological polar surface area (TPSA) is 66.5 Å². The van der Waals surface area contributed by atoms with Crippen molar-refractivity contribution < 1.29 is 13.2 Å². The molecule has 5 nitrogen and oxygen atoms in total. The first-order valence-corrected chi connectivity index (χ1v) is 11.3. The van der Waals surface area contributed by atoms with E-state index in [1.165, 1.54) is 22.0 Å². The summed E-state index contributed by atoms with van der Waals surface area (Å²) < 4.78 is 27.6. The fourth-order valence-electron chi connectivity index (χ4n) is 3.43. The lowest BCUT2D eigenvalue weighted by Crippen LogP contribution is -2.45. The zero-order valence-electron chi connectivity index (χ0n) is 15.9. The van der Waals surface area contributed by atoms with E-state index >= 15 is 0 Å². The second kappa shape index (κ2) is 9.07. The lowest BCUT2D eigenvalue weighted by Gasteiger charge is -2.34. The van der Waals surface area contributed by atoms with Gasteiger partial charge in [-0.05, 0) is 49.6 Å². The van der Waals surface area contributed by atoms with Crippen molar-refractivity contribution in [1.29, 1.82) is 0 Å². The van der Waals surface area contributed by atoms with E-state index < -0.39 is 10.0 Å². The molecule has 1 amide bonds. The molecule has 0 spiro atoms. The number of halogens is 1. The molecule has 1 aliphatic heterocycles. The Morgan fingerprint density at radius 3 is 2.46 bits per heavy atom. The maximum Gasteiger partial charge on any atom is 0.243 e. The number of rotatable bonds is 6. The first kappa shape index (κ1) is 20.8. The van der Waals surface area contributed by atoms with Gasteiger partial charge in [0.2, 0.25) is 15.9 Å². The van der Waals surface area contributed by atoms with Crippen LogP contribution in [0, 0.1) is 6.92 Å². The summed E-state index contributed by atoms with van der Waals surface area (Å²) >= 11 is 5.88. The van der Waals surface area contributed by atoms with Crippen molar-refractivity contribution in [2.24, 2.45) is 0 Å². The van der Waals surface area contributed by atoms with Crippen molar-refractivity contribution >= 4 is 27.5 Å². The number of benzene rings is 2. The van der Waals surface area contributed by atoms with E-state index in [2.05, 4.69) is 5.32 Å². The Kier molecular flexibility index (Phi) is 6.75. The van der Waals surface area contributed by atoms with Crippen molar-refractivity contribution in [2.45, 2.75) is 50.1 Å². The van der Waals surface area contributed by atoms with Gasteiger partial charge in [0.1, 0.15) is 0 Å². The van der Waals surface area contributed by atoms with Crippen LogP contribution in [0.4, 0.5) is 0 Å². The number of carbonyl (C=O) groups is 1. The third kappa shape index (κ3) is 5.13. The van der Waals surface area contributed by atoms with Crippen molar-refractivity contribution in [2.75, 3.05) is 6.54 Å². The van der Waals surface area contributed by atoms with Gasteiger partial charge in [0.25, 0.3) is 0 Å². The van der Waals surface area contributed by atoms with Gasteiger partial charge in [-0.2, -0.15) is 4.31 Å². The van der Waals surface area contributed by atoms with E-state index in [0.717, 1.165) is 18.4 Å². The summed E-state index contributed by atoms with van der Waals surface area (Å²) in [7, 11) is -3.65.